The van der Waals surface area contributed by atoms with E-state index in [0.29, 0.717) is 12.4 Å². The van der Waals surface area contributed by atoms with Crippen molar-refractivity contribution >= 4 is 23.2 Å². The minimum absolute atomic E-state index is 0.572. The highest BCUT2D eigenvalue weighted by atomic mass is 32.1. The quantitative estimate of drug-likeness (QED) is 0.600. The van der Waals surface area contributed by atoms with Gasteiger partial charge >= 0.3 is 0 Å². The lowest BCUT2D eigenvalue weighted by Gasteiger charge is -2.01. The van der Waals surface area contributed by atoms with E-state index in [1.165, 1.54) is 0 Å². The molecule has 0 amide bonds. The normalized spacial score (nSPS) is 9.81. The van der Waals surface area contributed by atoms with Crippen LogP contribution in [0.1, 0.15) is 11.4 Å². The lowest BCUT2D eigenvalue weighted by Crippen LogP contribution is -2.02. The van der Waals surface area contributed by atoms with E-state index in [1.807, 2.05) is 31.3 Å². The second-order valence-electron chi connectivity index (χ2n) is 3.34. The Bertz CT molecular complexity index is 540. The predicted molar refractivity (Wildman–Crippen MR) is 65.0 cm³/mol. The van der Waals surface area contributed by atoms with E-state index < -0.39 is 0 Å². The summed E-state index contributed by atoms with van der Waals surface area (Å²) in [6.45, 7) is 2.60. The van der Waals surface area contributed by atoms with Crippen LogP contribution in [0, 0.1) is 6.92 Å². The Kier molecular flexibility index (Phi) is 3.19. The molecule has 0 spiro atoms. The van der Waals surface area contributed by atoms with E-state index >= 15 is 0 Å². The summed E-state index contributed by atoms with van der Waals surface area (Å²) in [6.07, 6.45) is 1.84. The number of rotatable bonds is 3. The zero-order valence-corrected chi connectivity index (χ0v) is 9.61. The number of pyridine rings is 1. The van der Waals surface area contributed by atoms with Gasteiger partial charge in [-0.15, -0.1) is 0 Å². The summed E-state index contributed by atoms with van der Waals surface area (Å²) in [5, 5.41) is 6.49. The number of hydrogen-bond acceptors (Lipinski definition) is 4. The van der Waals surface area contributed by atoms with Gasteiger partial charge in [-0.05, 0) is 31.3 Å². The summed E-state index contributed by atoms with van der Waals surface area (Å²) in [6, 6.07) is 7.71. The fourth-order valence-corrected chi connectivity index (χ4v) is 1.49. The van der Waals surface area contributed by atoms with E-state index in [-0.39, 0.29) is 0 Å². The molecule has 0 saturated heterocycles. The Morgan fingerprint density at radius 3 is 3.06 bits per heavy atom. The van der Waals surface area contributed by atoms with Crippen molar-refractivity contribution in [3.63, 3.8) is 0 Å². The number of hydrogen-bond donors (Lipinski definition) is 0. The Labute approximate surface area is 98.7 Å². The van der Waals surface area contributed by atoms with Crippen LogP contribution >= 0.6 is 12.2 Å². The third-order valence-corrected chi connectivity index (χ3v) is 2.15. The number of thiocarbonyl (C=S) groups is 1. The highest BCUT2D eigenvalue weighted by molar-refractivity contribution is 7.78. The van der Waals surface area contributed by atoms with Gasteiger partial charge in [-0.25, -0.2) is 0 Å². The molecule has 0 bridgehead atoms. The van der Waals surface area contributed by atoms with Gasteiger partial charge in [0.05, 0.1) is 17.4 Å². The topological polar surface area (TPSA) is 43.1 Å². The van der Waals surface area contributed by atoms with Crippen molar-refractivity contribution in [2.75, 3.05) is 0 Å². The van der Waals surface area contributed by atoms with Gasteiger partial charge in [-0.1, -0.05) is 6.07 Å². The molecule has 0 aliphatic heterocycles. The zero-order valence-electron chi connectivity index (χ0n) is 8.79. The molecule has 2 heterocycles. The Morgan fingerprint density at radius 1 is 1.44 bits per heavy atom. The third-order valence-electron chi connectivity index (χ3n) is 2.06. The van der Waals surface area contributed by atoms with Gasteiger partial charge in [0.1, 0.15) is 0 Å². The van der Waals surface area contributed by atoms with Crippen molar-refractivity contribution in [2.24, 2.45) is 4.99 Å². The Balaban J connectivity index is 2.17. The highest BCUT2D eigenvalue weighted by Gasteiger charge is 1.99. The summed E-state index contributed by atoms with van der Waals surface area (Å²) in [4.78, 5) is 8.20. The maximum atomic E-state index is 4.51. The SMILES string of the molecule is Cc1cccc(Cn2ccc(N=C=S)n2)n1. The second kappa shape index (κ2) is 4.79. The molecule has 0 aliphatic carbocycles. The molecule has 2 aromatic rings. The molecule has 0 aliphatic rings. The molecule has 0 aromatic carbocycles. The van der Waals surface area contributed by atoms with Gasteiger partial charge in [-0.2, -0.15) is 10.1 Å². The molecule has 2 aromatic heterocycles. The molecule has 16 heavy (non-hydrogen) atoms. The van der Waals surface area contributed by atoms with Gasteiger partial charge in [0.2, 0.25) is 0 Å². The van der Waals surface area contributed by atoms with Crippen LogP contribution in [0.4, 0.5) is 5.82 Å². The van der Waals surface area contributed by atoms with E-state index in [1.54, 1.807) is 10.7 Å². The number of isothiocyanates is 1. The summed E-state index contributed by atoms with van der Waals surface area (Å²) >= 11 is 4.51. The first-order chi connectivity index (χ1) is 7.78. The summed E-state index contributed by atoms with van der Waals surface area (Å²) in [7, 11) is 0. The molecule has 0 saturated carbocycles. The van der Waals surface area contributed by atoms with Crippen molar-refractivity contribution in [1.29, 1.82) is 0 Å². The zero-order chi connectivity index (χ0) is 11.4. The minimum Gasteiger partial charge on any atom is -0.265 e. The van der Waals surface area contributed by atoms with Gasteiger partial charge < -0.3 is 0 Å². The summed E-state index contributed by atoms with van der Waals surface area (Å²) in [5.74, 6) is 0.572. The third kappa shape index (κ3) is 2.59. The second-order valence-corrected chi connectivity index (χ2v) is 3.53. The van der Waals surface area contributed by atoms with Gasteiger partial charge in [-0.3, -0.25) is 9.67 Å². The molecule has 0 fully saturated rings. The molecule has 4 nitrogen and oxygen atoms in total. The Hall–Kier alpha value is -1.84. The first-order valence-corrected chi connectivity index (χ1v) is 5.22. The van der Waals surface area contributed by atoms with Crippen LogP contribution in [0.3, 0.4) is 0 Å². The fourth-order valence-electron chi connectivity index (χ4n) is 1.40. The standard InChI is InChI=1S/C11H10N4S/c1-9-3-2-4-10(13-9)7-15-6-5-11(14-15)12-8-16/h2-6H,7H2,1H3. The van der Waals surface area contributed by atoms with Crippen LogP contribution in [-0.2, 0) is 6.54 Å². The van der Waals surface area contributed by atoms with E-state index in [4.69, 9.17) is 0 Å². The minimum atomic E-state index is 0.572. The largest absolute Gasteiger partial charge is 0.265 e. The lowest BCUT2D eigenvalue weighted by molar-refractivity contribution is 0.672. The van der Waals surface area contributed by atoms with Crippen molar-refractivity contribution in [2.45, 2.75) is 13.5 Å². The number of aliphatic imine (C=N–C) groups is 1. The first-order valence-electron chi connectivity index (χ1n) is 4.82. The van der Waals surface area contributed by atoms with Crippen molar-refractivity contribution in [3.05, 3.63) is 41.9 Å². The van der Waals surface area contributed by atoms with Crippen LogP contribution in [0.15, 0.2) is 35.5 Å². The highest BCUT2D eigenvalue weighted by Crippen LogP contribution is 2.07. The Morgan fingerprint density at radius 2 is 2.31 bits per heavy atom. The number of nitrogens with zero attached hydrogens (tertiary/aromatic N) is 4. The lowest BCUT2D eigenvalue weighted by atomic mass is 10.3. The molecular weight excluding hydrogens is 220 g/mol. The van der Waals surface area contributed by atoms with E-state index in [2.05, 4.69) is 32.5 Å². The molecular formula is C11H10N4S. The summed E-state index contributed by atoms with van der Waals surface area (Å²) in [5.41, 5.74) is 1.97. The molecule has 80 valence electrons. The smallest absolute Gasteiger partial charge is 0.184 e. The van der Waals surface area contributed by atoms with Crippen molar-refractivity contribution in [1.82, 2.24) is 14.8 Å². The maximum absolute atomic E-state index is 4.51. The molecule has 0 radical (unpaired) electrons. The van der Waals surface area contributed by atoms with Gasteiger partial charge in [0, 0.05) is 18.0 Å². The van der Waals surface area contributed by atoms with Gasteiger partial charge in [0.25, 0.3) is 0 Å². The molecule has 2 rings (SSSR count). The fraction of sp³-hybridized carbons (Fsp3) is 0.182. The average Bonchev–Trinajstić information content (AvgIpc) is 2.66. The monoisotopic (exact) mass is 230 g/mol. The molecule has 0 N–H and O–H groups in total. The van der Waals surface area contributed by atoms with Crippen molar-refractivity contribution in [3.8, 4) is 0 Å². The van der Waals surface area contributed by atoms with Crippen LogP contribution in [-0.4, -0.2) is 19.9 Å². The van der Waals surface area contributed by atoms with E-state index in [0.717, 1.165) is 11.4 Å². The summed E-state index contributed by atoms with van der Waals surface area (Å²) < 4.78 is 1.77. The number of aryl methyl sites for hydroxylation is 1. The molecule has 0 atom stereocenters. The van der Waals surface area contributed by atoms with Crippen LogP contribution in [0.2, 0.25) is 0 Å². The van der Waals surface area contributed by atoms with Gasteiger partial charge in [0.15, 0.2) is 5.82 Å². The number of aromatic nitrogens is 3. The maximum Gasteiger partial charge on any atom is 0.184 e. The molecule has 5 heteroatoms. The van der Waals surface area contributed by atoms with Crippen LogP contribution in [0.5, 0.6) is 0 Å². The van der Waals surface area contributed by atoms with Crippen molar-refractivity contribution < 1.29 is 0 Å². The van der Waals surface area contributed by atoms with Crippen LogP contribution in [0.25, 0.3) is 0 Å². The van der Waals surface area contributed by atoms with E-state index in [9.17, 15) is 0 Å². The predicted octanol–water partition coefficient (Wildman–Crippen LogP) is 2.37. The molecule has 0 unspecified atom stereocenters. The van der Waals surface area contributed by atoms with Crippen LogP contribution < -0.4 is 0 Å². The average molecular weight is 230 g/mol. The first kappa shape index (κ1) is 10.7.